The van der Waals surface area contributed by atoms with Crippen molar-refractivity contribution in [3.05, 3.63) is 48.0 Å². The van der Waals surface area contributed by atoms with E-state index in [4.69, 9.17) is 14.6 Å². The molecule has 1 aliphatic rings. The molecule has 1 aromatic carbocycles. The van der Waals surface area contributed by atoms with Gasteiger partial charge in [-0.1, -0.05) is 30.3 Å². The van der Waals surface area contributed by atoms with Crippen LogP contribution in [-0.4, -0.2) is 40.2 Å². The van der Waals surface area contributed by atoms with Crippen LogP contribution in [0.2, 0.25) is 0 Å². The van der Waals surface area contributed by atoms with Crippen molar-refractivity contribution < 1.29 is 14.3 Å². The summed E-state index contributed by atoms with van der Waals surface area (Å²) in [6.45, 7) is 12.0. The number of ether oxygens (including phenoxy) is 2. The van der Waals surface area contributed by atoms with Gasteiger partial charge >= 0.3 is 6.09 Å². The first kappa shape index (κ1) is 26.2. The molecule has 2 aromatic rings. The first-order valence-electron chi connectivity index (χ1n) is 11.9. The normalized spacial score (nSPS) is 17.5. The van der Waals surface area contributed by atoms with Crippen LogP contribution in [0.1, 0.15) is 59.4 Å². The van der Waals surface area contributed by atoms with Crippen LogP contribution in [0, 0.1) is 5.92 Å². The molecular formula is C26H38N4O3S. The number of rotatable bonds is 9. The highest BCUT2D eigenvalue weighted by molar-refractivity contribution is 7.97. The molecule has 3 rings (SSSR count). The summed E-state index contributed by atoms with van der Waals surface area (Å²) in [5.74, 6) is 1.92. The zero-order valence-electron chi connectivity index (χ0n) is 21.0. The minimum absolute atomic E-state index is 0.190. The molecule has 1 atom stereocenters. The molecule has 34 heavy (non-hydrogen) atoms. The fourth-order valence-corrected chi connectivity index (χ4v) is 4.68. The van der Waals surface area contributed by atoms with E-state index in [1.165, 1.54) is 0 Å². The Morgan fingerprint density at radius 1 is 1.24 bits per heavy atom. The van der Waals surface area contributed by atoms with Crippen molar-refractivity contribution in [2.45, 2.75) is 76.7 Å². The number of hydrogen-bond acceptors (Lipinski definition) is 7. The number of aromatic nitrogens is 1. The molecule has 8 heteroatoms. The molecule has 0 saturated carbocycles. The van der Waals surface area contributed by atoms with Gasteiger partial charge in [-0.25, -0.2) is 9.78 Å². The zero-order chi connectivity index (χ0) is 24.8. The molecule has 1 aliphatic heterocycles. The number of likely N-dealkylation sites (tertiary alicyclic amines) is 1. The fraction of sp³-hybridized carbons (Fsp3) is 0.538. The molecule has 7 nitrogen and oxygen atoms in total. The van der Waals surface area contributed by atoms with Gasteiger partial charge in [0.2, 0.25) is 0 Å². The predicted octanol–water partition coefficient (Wildman–Crippen LogP) is 5.85. The van der Waals surface area contributed by atoms with Crippen molar-refractivity contribution in [2.24, 2.45) is 11.1 Å². The summed E-state index contributed by atoms with van der Waals surface area (Å²) < 4.78 is 11.5. The van der Waals surface area contributed by atoms with Crippen LogP contribution in [0.4, 0.5) is 10.6 Å². The van der Waals surface area contributed by atoms with Gasteiger partial charge in [-0.2, -0.15) is 0 Å². The van der Waals surface area contributed by atoms with Crippen LogP contribution in [0.3, 0.4) is 0 Å². The van der Waals surface area contributed by atoms with Gasteiger partial charge in [0.25, 0.3) is 0 Å². The highest BCUT2D eigenvalue weighted by Gasteiger charge is 2.42. The smallest absolute Gasteiger partial charge is 0.410 e. The molecule has 1 saturated heterocycles. The standard InChI is InChI=1S/C26H38N4O3S/c1-25(2,3)33-24(31)30-17-20(16-26(30,4)5)12-9-15-28-22-14-13-21(23(29-22)34-27)32-18-19-10-7-6-8-11-19/h6-8,10-11,13-14,20H,9,12,15-18,27H2,1-5H3,(H,28,29). The van der Waals surface area contributed by atoms with Gasteiger partial charge in [0.15, 0.2) is 10.8 Å². The third kappa shape index (κ3) is 7.53. The third-order valence-electron chi connectivity index (χ3n) is 5.84. The quantitative estimate of drug-likeness (QED) is 0.339. The molecule has 0 radical (unpaired) electrons. The van der Waals surface area contributed by atoms with Crippen LogP contribution in [0.5, 0.6) is 5.75 Å². The van der Waals surface area contributed by atoms with Crippen LogP contribution < -0.4 is 15.2 Å². The number of carbonyl (C=O) groups is 1. The van der Waals surface area contributed by atoms with E-state index in [-0.39, 0.29) is 11.6 Å². The average Bonchev–Trinajstić information content (AvgIpc) is 3.09. The molecule has 1 amide bonds. The molecule has 3 N–H and O–H groups in total. The van der Waals surface area contributed by atoms with E-state index < -0.39 is 5.60 Å². The lowest BCUT2D eigenvalue weighted by atomic mass is 9.93. The number of hydrogen-bond donors (Lipinski definition) is 2. The predicted molar refractivity (Wildman–Crippen MR) is 138 cm³/mol. The minimum atomic E-state index is -0.481. The Balaban J connectivity index is 1.46. The first-order chi connectivity index (χ1) is 16.1. The SMILES string of the molecule is CC(C)(C)OC(=O)N1CC(CCCNc2ccc(OCc3ccccc3)c(SN)n2)CC1(C)C. The second-order valence-electron chi connectivity index (χ2n) is 10.4. The van der Waals surface area contributed by atoms with Crippen molar-refractivity contribution in [1.82, 2.24) is 9.88 Å². The first-order valence-corrected chi connectivity index (χ1v) is 12.7. The number of nitrogens with two attached hydrogens (primary N) is 1. The molecule has 2 heterocycles. The Bertz CT molecular complexity index is 947. The van der Waals surface area contributed by atoms with Crippen molar-refractivity contribution in [1.29, 1.82) is 0 Å². The van der Waals surface area contributed by atoms with Crippen LogP contribution in [0.25, 0.3) is 0 Å². The Labute approximate surface area is 207 Å². The number of amides is 1. The highest BCUT2D eigenvalue weighted by Crippen LogP contribution is 2.36. The maximum atomic E-state index is 12.6. The molecule has 1 aromatic heterocycles. The lowest BCUT2D eigenvalue weighted by Crippen LogP contribution is -2.45. The van der Waals surface area contributed by atoms with Gasteiger partial charge in [0.05, 0.1) is 0 Å². The summed E-state index contributed by atoms with van der Waals surface area (Å²) in [6, 6.07) is 13.8. The molecule has 0 bridgehead atoms. The number of anilines is 1. The van der Waals surface area contributed by atoms with E-state index in [2.05, 4.69) is 24.1 Å². The number of benzene rings is 1. The number of carbonyl (C=O) groups excluding carboxylic acids is 1. The second kappa shape index (κ2) is 11.3. The van der Waals surface area contributed by atoms with Crippen LogP contribution >= 0.6 is 11.9 Å². The van der Waals surface area contributed by atoms with Crippen LogP contribution in [-0.2, 0) is 11.3 Å². The third-order valence-corrected chi connectivity index (χ3v) is 6.36. The van der Waals surface area contributed by atoms with E-state index in [9.17, 15) is 4.79 Å². The number of nitrogens with zero attached hydrogens (tertiary/aromatic N) is 2. The fourth-order valence-electron chi connectivity index (χ4n) is 4.28. The summed E-state index contributed by atoms with van der Waals surface area (Å²) in [4.78, 5) is 19.1. The molecule has 1 unspecified atom stereocenters. The van der Waals surface area contributed by atoms with Crippen molar-refractivity contribution >= 4 is 23.9 Å². The number of pyridine rings is 1. The lowest BCUT2D eigenvalue weighted by molar-refractivity contribution is 0.0131. The van der Waals surface area contributed by atoms with E-state index in [0.717, 1.165) is 55.7 Å². The Morgan fingerprint density at radius 2 is 1.97 bits per heavy atom. The van der Waals surface area contributed by atoms with Crippen molar-refractivity contribution in [3.8, 4) is 5.75 Å². The zero-order valence-corrected chi connectivity index (χ0v) is 21.8. The Hall–Kier alpha value is -2.45. The van der Waals surface area contributed by atoms with E-state index in [0.29, 0.717) is 23.3 Å². The maximum Gasteiger partial charge on any atom is 0.410 e. The summed E-state index contributed by atoms with van der Waals surface area (Å²) in [5, 5.41) is 9.88. The minimum Gasteiger partial charge on any atom is -0.486 e. The van der Waals surface area contributed by atoms with Gasteiger partial charge in [-0.05, 0) is 89.4 Å². The molecule has 186 valence electrons. The van der Waals surface area contributed by atoms with Gasteiger partial charge in [-0.3, -0.25) is 5.14 Å². The van der Waals surface area contributed by atoms with Gasteiger partial charge in [-0.15, -0.1) is 0 Å². The van der Waals surface area contributed by atoms with E-state index >= 15 is 0 Å². The second-order valence-corrected chi connectivity index (χ2v) is 11.1. The molecule has 1 fully saturated rings. The number of nitrogens with one attached hydrogen (secondary N) is 1. The van der Waals surface area contributed by atoms with E-state index in [1.807, 2.05) is 68.1 Å². The van der Waals surface area contributed by atoms with Crippen molar-refractivity contribution in [3.63, 3.8) is 0 Å². The summed E-state index contributed by atoms with van der Waals surface area (Å²) in [5.41, 5.74) is 0.425. The monoisotopic (exact) mass is 486 g/mol. The molecule has 0 spiro atoms. The summed E-state index contributed by atoms with van der Waals surface area (Å²) in [6.07, 6.45) is 2.78. The molecular weight excluding hydrogens is 448 g/mol. The molecule has 0 aliphatic carbocycles. The average molecular weight is 487 g/mol. The lowest BCUT2D eigenvalue weighted by Gasteiger charge is -2.33. The van der Waals surface area contributed by atoms with Crippen molar-refractivity contribution in [2.75, 3.05) is 18.4 Å². The Morgan fingerprint density at radius 3 is 2.65 bits per heavy atom. The summed E-state index contributed by atoms with van der Waals surface area (Å²) in [7, 11) is 0. The van der Waals surface area contributed by atoms with Gasteiger partial charge in [0, 0.05) is 18.6 Å². The highest BCUT2D eigenvalue weighted by atomic mass is 32.2. The van der Waals surface area contributed by atoms with E-state index in [1.54, 1.807) is 0 Å². The van der Waals surface area contributed by atoms with Gasteiger partial charge in [0.1, 0.15) is 18.0 Å². The Kier molecular flexibility index (Phi) is 8.71. The van der Waals surface area contributed by atoms with Gasteiger partial charge < -0.3 is 19.7 Å². The topological polar surface area (TPSA) is 89.7 Å². The van der Waals surface area contributed by atoms with Crippen LogP contribution in [0.15, 0.2) is 47.5 Å². The maximum absolute atomic E-state index is 12.6. The summed E-state index contributed by atoms with van der Waals surface area (Å²) >= 11 is 1.09. The largest absolute Gasteiger partial charge is 0.486 e.